The van der Waals surface area contributed by atoms with Gasteiger partial charge in [-0.25, -0.2) is 9.59 Å². The van der Waals surface area contributed by atoms with Crippen LogP contribution in [0.5, 0.6) is 0 Å². The van der Waals surface area contributed by atoms with Crippen molar-refractivity contribution in [1.29, 1.82) is 0 Å². The van der Waals surface area contributed by atoms with Gasteiger partial charge in [0.15, 0.2) is 0 Å². The van der Waals surface area contributed by atoms with Gasteiger partial charge in [-0.2, -0.15) is 0 Å². The molecule has 0 radical (unpaired) electrons. The molecule has 1 saturated heterocycles. The summed E-state index contributed by atoms with van der Waals surface area (Å²) < 4.78 is 5.32. The van der Waals surface area contributed by atoms with E-state index in [1.165, 1.54) is 11.8 Å². The molecule has 154 valence electrons. The molecule has 0 unspecified atom stereocenters. The van der Waals surface area contributed by atoms with Crippen LogP contribution in [0, 0.1) is 5.92 Å². The van der Waals surface area contributed by atoms with Crippen LogP contribution in [-0.2, 0) is 19.1 Å². The van der Waals surface area contributed by atoms with E-state index in [1.54, 1.807) is 34.6 Å². The first kappa shape index (κ1) is 22.7. The zero-order valence-corrected chi connectivity index (χ0v) is 16.9. The average Bonchev–Trinajstić information content (AvgIpc) is 2.99. The van der Waals surface area contributed by atoms with Crippen molar-refractivity contribution in [2.24, 2.45) is 5.92 Å². The monoisotopic (exact) mass is 385 g/mol. The molecule has 0 aromatic heterocycles. The third-order valence-electron chi connectivity index (χ3n) is 4.17. The van der Waals surface area contributed by atoms with Crippen LogP contribution < -0.4 is 10.6 Å². The maximum absolute atomic E-state index is 12.5. The molecule has 1 aliphatic rings. The molecule has 1 heterocycles. The fourth-order valence-corrected chi connectivity index (χ4v) is 2.75. The molecule has 0 saturated carbocycles. The van der Waals surface area contributed by atoms with Crippen LogP contribution in [-0.4, -0.2) is 64.2 Å². The van der Waals surface area contributed by atoms with Gasteiger partial charge in [0, 0.05) is 6.54 Å². The minimum Gasteiger partial charge on any atom is -0.480 e. The number of carboxylic acid groups (broad SMARTS) is 1. The van der Waals surface area contributed by atoms with Crippen molar-refractivity contribution < 1.29 is 29.0 Å². The Kier molecular flexibility index (Phi) is 7.62. The van der Waals surface area contributed by atoms with Gasteiger partial charge in [-0.15, -0.1) is 0 Å². The van der Waals surface area contributed by atoms with Crippen molar-refractivity contribution in [3.63, 3.8) is 0 Å². The van der Waals surface area contributed by atoms with Gasteiger partial charge in [-0.3, -0.25) is 14.5 Å². The zero-order valence-electron chi connectivity index (χ0n) is 16.9. The average molecular weight is 385 g/mol. The molecule has 0 aromatic carbocycles. The van der Waals surface area contributed by atoms with Crippen molar-refractivity contribution in [2.45, 2.75) is 78.1 Å². The number of aliphatic carboxylic acids is 1. The third-order valence-corrected chi connectivity index (χ3v) is 4.17. The molecule has 3 amide bonds. The van der Waals surface area contributed by atoms with Crippen molar-refractivity contribution >= 4 is 23.9 Å². The van der Waals surface area contributed by atoms with E-state index in [2.05, 4.69) is 10.6 Å². The summed E-state index contributed by atoms with van der Waals surface area (Å²) in [6.45, 7) is 10.5. The summed E-state index contributed by atoms with van der Waals surface area (Å²) in [6, 6.07) is -2.68. The highest BCUT2D eigenvalue weighted by Gasteiger charge is 2.37. The Bertz CT molecular complexity index is 584. The largest absolute Gasteiger partial charge is 0.480 e. The lowest BCUT2D eigenvalue weighted by molar-refractivity contribution is -0.143. The summed E-state index contributed by atoms with van der Waals surface area (Å²) >= 11 is 0. The molecule has 0 bridgehead atoms. The molecular formula is C18H31N3O6. The maximum atomic E-state index is 12.5. The predicted molar refractivity (Wildman–Crippen MR) is 98.0 cm³/mol. The summed E-state index contributed by atoms with van der Waals surface area (Å²) in [5.74, 6) is -2.49. The van der Waals surface area contributed by atoms with E-state index in [9.17, 15) is 19.2 Å². The van der Waals surface area contributed by atoms with Gasteiger partial charge in [-0.1, -0.05) is 13.8 Å². The summed E-state index contributed by atoms with van der Waals surface area (Å²) in [5.41, 5.74) is -0.670. The van der Waals surface area contributed by atoms with Crippen LogP contribution >= 0.6 is 0 Å². The fourth-order valence-electron chi connectivity index (χ4n) is 2.75. The van der Waals surface area contributed by atoms with E-state index in [0.29, 0.717) is 19.4 Å². The topological polar surface area (TPSA) is 125 Å². The van der Waals surface area contributed by atoms with Gasteiger partial charge in [0.1, 0.15) is 23.7 Å². The van der Waals surface area contributed by atoms with E-state index < -0.39 is 47.6 Å². The molecule has 3 atom stereocenters. The zero-order chi connectivity index (χ0) is 20.9. The van der Waals surface area contributed by atoms with E-state index in [4.69, 9.17) is 9.84 Å². The first-order valence-electron chi connectivity index (χ1n) is 9.16. The lowest BCUT2D eigenvalue weighted by Crippen LogP contribution is -2.55. The predicted octanol–water partition coefficient (Wildman–Crippen LogP) is 1.12. The Morgan fingerprint density at radius 3 is 2.19 bits per heavy atom. The number of rotatable bonds is 6. The van der Waals surface area contributed by atoms with E-state index >= 15 is 0 Å². The molecule has 9 heteroatoms. The third kappa shape index (κ3) is 6.73. The number of nitrogens with one attached hydrogen (secondary N) is 2. The quantitative estimate of drug-likeness (QED) is 0.629. The minimum absolute atomic E-state index is 0.299. The standard InChI is InChI=1S/C18H31N3O6/c1-10(2)13(16(24)25)20-14(22)11(3)19-15(23)12-8-7-9-21(12)17(26)27-18(4,5)6/h10-13H,7-9H2,1-6H3,(H,19,23)(H,20,22)(H,24,25)/t11-,12-,13-/m0/s1. The molecule has 0 aromatic rings. The van der Waals surface area contributed by atoms with Crippen LogP contribution in [0.2, 0.25) is 0 Å². The molecule has 3 N–H and O–H groups in total. The van der Waals surface area contributed by atoms with E-state index in [-0.39, 0.29) is 5.92 Å². The van der Waals surface area contributed by atoms with Crippen molar-refractivity contribution in [2.75, 3.05) is 6.54 Å². The minimum atomic E-state index is -1.14. The highest BCUT2D eigenvalue weighted by molar-refractivity contribution is 5.92. The van der Waals surface area contributed by atoms with Crippen LogP contribution in [0.3, 0.4) is 0 Å². The van der Waals surface area contributed by atoms with Crippen LogP contribution in [0.4, 0.5) is 4.79 Å². The fraction of sp³-hybridized carbons (Fsp3) is 0.778. The van der Waals surface area contributed by atoms with Crippen LogP contribution in [0.15, 0.2) is 0 Å². The Balaban J connectivity index is 2.69. The SMILES string of the molecule is CC(C)[C@H](NC(=O)[C@H](C)NC(=O)[C@@H]1CCCN1C(=O)OC(C)(C)C)C(=O)O. The summed E-state index contributed by atoms with van der Waals surface area (Å²) in [4.78, 5) is 49.6. The Morgan fingerprint density at radius 2 is 1.70 bits per heavy atom. The first-order valence-corrected chi connectivity index (χ1v) is 9.16. The van der Waals surface area contributed by atoms with E-state index in [0.717, 1.165) is 0 Å². The molecule has 9 nitrogen and oxygen atoms in total. The molecule has 27 heavy (non-hydrogen) atoms. The summed E-state index contributed by atoms with van der Waals surface area (Å²) in [5, 5.41) is 14.1. The Labute approximate surface area is 159 Å². The lowest BCUT2D eigenvalue weighted by Gasteiger charge is -2.28. The maximum Gasteiger partial charge on any atom is 0.410 e. The number of hydrogen-bond acceptors (Lipinski definition) is 5. The molecule has 1 aliphatic heterocycles. The summed E-state index contributed by atoms with van der Waals surface area (Å²) in [6.07, 6.45) is 0.568. The molecule has 1 fully saturated rings. The lowest BCUT2D eigenvalue weighted by atomic mass is 10.0. The van der Waals surface area contributed by atoms with Gasteiger partial charge < -0.3 is 20.5 Å². The second-order valence-corrected chi connectivity index (χ2v) is 8.13. The van der Waals surface area contributed by atoms with Crippen molar-refractivity contribution in [1.82, 2.24) is 15.5 Å². The second kappa shape index (κ2) is 9.05. The Hall–Kier alpha value is -2.32. The number of likely N-dealkylation sites (tertiary alicyclic amines) is 1. The van der Waals surface area contributed by atoms with E-state index in [1.807, 2.05) is 0 Å². The number of ether oxygens (including phenoxy) is 1. The smallest absolute Gasteiger partial charge is 0.410 e. The number of carbonyl (C=O) groups excluding carboxylic acids is 3. The number of amides is 3. The highest BCUT2D eigenvalue weighted by Crippen LogP contribution is 2.21. The molecule has 0 aliphatic carbocycles. The van der Waals surface area contributed by atoms with Gasteiger partial charge in [0.2, 0.25) is 11.8 Å². The van der Waals surface area contributed by atoms with Crippen molar-refractivity contribution in [3.8, 4) is 0 Å². The van der Waals surface area contributed by atoms with Gasteiger partial charge in [-0.05, 0) is 46.5 Å². The normalized spacial score (nSPS) is 19.4. The molecular weight excluding hydrogens is 354 g/mol. The van der Waals surface area contributed by atoms with Gasteiger partial charge in [0.05, 0.1) is 0 Å². The first-order chi connectivity index (χ1) is 12.3. The molecule has 0 spiro atoms. The summed E-state index contributed by atoms with van der Waals surface area (Å²) in [7, 11) is 0. The number of carbonyl (C=O) groups is 4. The van der Waals surface area contributed by atoms with Crippen LogP contribution in [0.1, 0.15) is 54.4 Å². The number of hydrogen-bond donors (Lipinski definition) is 3. The van der Waals surface area contributed by atoms with Crippen molar-refractivity contribution in [3.05, 3.63) is 0 Å². The molecule has 1 rings (SSSR count). The Morgan fingerprint density at radius 1 is 1.11 bits per heavy atom. The van der Waals surface area contributed by atoms with Crippen LogP contribution in [0.25, 0.3) is 0 Å². The number of nitrogens with zero attached hydrogens (tertiary/aromatic N) is 1. The highest BCUT2D eigenvalue weighted by atomic mass is 16.6. The second-order valence-electron chi connectivity index (χ2n) is 8.13. The number of carboxylic acids is 1. The van der Waals surface area contributed by atoms with Gasteiger partial charge in [0.25, 0.3) is 0 Å². The van der Waals surface area contributed by atoms with Gasteiger partial charge >= 0.3 is 12.1 Å².